The van der Waals surface area contributed by atoms with Gasteiger partial charge in [-0.1, -0.05) is 12.8 Å². The summed E-state index contributed by atoms with van der Waals surface area (Å²) in [7, 11) is 0. The second kappa shape index (κ2) is 9.26. The summed E-state index contributed by atoms with van der Waals surface area (Å²) < 4.78 is 14.9. The molecule has 33 heavy (non-hydrogen) atoms. The van der Waals surface area contributed by atoms with Crippen LogP contribution in [0.5, 0.6) is 0 Å². The maximum atomic E-state index is 14.9. The van der Waals surface area contributed by atoms with Crippen LogP contribution in [0.25, 0.3) is 22.3 Å². The van der Waals surface area contributed by atoms with Crippen molar-refractivity contribution in [3.05, 3.63) is 41.9 Å². The highest BCUT2D eigenvalue weighted by Crippen LogP contribution is 2.35. The predicted molar refractivity (Wildman–Crippen MR) is 121 cm³/mol. The number of halogens is 1. The number of rotatable bonds is 5. The molecule has 0 radical (unpaired) electrons. The van der Waals surface area contributed by atoms with Crippen LogP contribution in [0, 0.1) is 29.0 Å². The lowest BCUT2D eigenvalue weighted by atomic mass is 9.77. The molecule has 1 amide bonds. The summed E-state index contributed by atoms with van der Waals surface area (Å²) in [6.07, 6.45) is 12.2. The molecule has 0 aromatic carbocycles. The highest BCUT2D eigenvalue weighted by Gasteiger charge is 2.28. The van der Waals surface area contributed by atoms with Crippen LogP contribution in [0.15, 0.2) is 24.8 Å². The van der Waals surface area contributed by atoms with Crippen molar-refractivity contribution in [3.8, 4) is 17.3 Å². The zero-order valence-electron chi connectivity index (χ0n) is 18.6. The number of nitriles is 1. The minimum atomic E-state index is -0.443. The highest BCUT2D eigenvalue weighted by molar-refractivity contribution is 5.93. The number of pyridine rings is 1. The molecule has 1 N–H and O–H groups in total. The summed E-state index contributed by atoms with van der Waals surface area (Å²) in [5.74, 6) is 0.457. The van der Waals surface area contributed by atoms with Gasteiger partial charge in [-0.15, -0.1) is 0 Å². The Hall–Kier alpha value is -3.34. The molecule has 0 bridgehead atoms. The fourth-order valence-corrected chi connectivity index (χ4v) is 5.41. The van der Waals surface area contributed by atoms with Crippen molar-refractivity contribution in [2.24, 2.45) is 11.8 Å². The Bertz CT molecular complexity index is 1210. The molecule has 1 saturated heterocycles. The smallest absolute Gasteiger partial charge is 0.222 e. The molecular formula is C25H27FN6O. The number of carbonyl (C=O) groups is 1. The molecule has 1 saturated carbocycles. The van der Waals surface area contributed by atoms with Gasteiger partial charge in [0.15, 0.2) is 0 Å². The standard InChI is InChI=1S/C25H27FN6O/c26-21-11-18(12-27)24(19-14-29-25-20(19)13-28-15-30-25)31-22(21)9-16-4-3-5-17(8-16)10-23(33)32-6-1-2-7-32/h11,13-17H,1-10H2,(H,28,29,30)/t16-,17+/m1/s1. The van der Waals surface area contributed by atoms with E-state index >= 15 is 0 Å². The first-order valence-electron chi connectivity index (χ1n) is 11.8. The van der Waals surface area contributed by atoms with E-state index in [1.165, 1.54) is 12.4 Å². The number of nitrogens with zero attached hydrogens (tertiary/aromatic N) is 5. The quantitative estimate of drug-likeness (QED) is 0.627. The van der Waals surface area contributed by atoms with Gasteiger partial charge < -0.3 is 9.88 Å². The molecule has 3 aromatic heterocycles. The van der Waals surface area contributed by atoms with Gasteiger partial charge in [-0.25, -0.2) is 19.3 Å². The highest BCUT2D eigenvalue weighted by atomic mass is 19.1. The molecule has 7 nitrogen and oxygen atoms in total. The SMILES string of the molecule is N#Cc1cc(F)c(C[C@@H]2CCC[C@H](CC(=O)N3CCCC3)C2)nc1-c1c[nH]c2ncncc12. The molecule has 170 valence electrons. The van der Waals surface area contributed by atoms with E-state index in [9.17, 15) is 14.4 Å². The third-order valence-corrected chi connectivity index (χ3v) is 7.08. The lowest BCUT2D eigenvalue weighted by Gasteiger charge is -2.30. The topological polar surface area (TPSA) is 98.6 Å². The third kappa shape index (κ3) is 4.45. The van der Waals surface area contributed by atoms with Crippen LogP contribution in [-0.2, 0) is 11.2 Å². The molecule has 1 aliphatic carbocycles. The number of aromatic nitrogens is 4. The number of H-pyrrole nitrogens is 1. The van der Waals surface area contributed by atoms with Crippen LogP contribution >= 0.6 is 0 Å². The Morgan fingerprint density at radius 2 is 2.06 bits per heavy atom. The largest absolute Gasteiger partial charge is 0.345 e. The Morgan fingerprint density at radius 1 is 1.24 bits per heavy atom. The number of hydrogen-bond donors (Lipinski definition) is 1. The van der Waals surface area contributed by atoms with Gasteiger partial charge in [0.2, 0.25) is 5.91 Å². The van der Waals surface area contributed by atoms with Crippen LogP contribution in [-0.4, -0.2) is 43.8 Å². The number of nitrogens with one attached hydrogen (secondary N) is 1. The number of fused-ring (bicyclic) bond motifs is 1. The molecule has 8 heteroatoms. The zero-order chi connectivity index (χ0) is 22.8. The van der Waals surface area contributed by atoms with E-state index < -0.39 is 5.82 Å². The van der Waals surface area contributed by atoms with Gasteiger partial charge in [0.1, 0.15) is 23.9 Å². The van der Waals surface area contributed by atoms with Crippen molar-refractivity contribution in [1.82, 2.24) is 24.8 Å². The first-order valence-corrected chi connectivity index (χ1v) is 11.8. The van der Waals surface area contributed by atoms with Gasteiger partial charge in [-0.3, -0.25) is 4.79 Å². The van der Waals surface area contributed by atoms with Crippen LogP contribution in [0.2, 0.25) is 0 Å². The van der Waals surface area contributed by atoms with E-state index in [0.29, 0.717) is 41.4 Å². The third-order valence-electron chi connectivity index (χ3n) is 7.08. The van der Waals surface area contributed by atoms with Crippen LogP contribution in [0.3, 0.4) is 0 Å². The number of hydrogen-bond acceptors (Lipinski definition) is 5. The van der Waals surface area contributed by atoms with Crippen molar-refractivity contribution in [2.45, 2.75) is 51.4 Å². The minimum absolute atomic E-state index is 0.193. The van der Waals surface area contributed by atoms with E-state index in [4.69, 9.17) is 0 Å². The van der Waals surface area contributed by atoms with E-state index in [0.717, 1.165) is 57.0 Å². The zero-order valence-corrected chi connectivity index (χ0v) is 18.6. The molecular weight excluding hydrogens is 419 g/mol. The van der Waals surface area contributed by atoms with Crippen molar-refractivity contribution < 1.29 is 9.18 Å². The Kier molecular flexibility index (Phi) is 6.03. The van der Waals surface area contributed by atoms with Crippen molar-refractivity contribution in [1.29, 1.82) is 5.26 Å². The summed E-state index contributed by atoms with van der Waals surface area (Å²) in [4.78, 5) is 30.6. The van der Waals surface area contributed by atoms with Crippen LogP contribution < -0.4 is 0 Å². The Balaban J connectivity index is 1.35. The van der Waals surface area contributed by atoms with Crippen molar-refractivity contribution in [2.75, 3.05) is 13.1 Å². The monoisotopic (exact) mass is 446 g/mol. The van der Waals surface area contributed by atoms with Gasteiger partial charge >= 0.3 is 0 Å². The van der Waals surface area contributed by atoms with Gasteiger partial charge in [-0.05, 0) is 50.0 Å². The second-order valence-corrected chi connectivity index (χ2v) is 9.31. The van der Waals surface area contributed by atoms with Gasteiger partial charge in [0.25, 0.3) is 0 Å². The average Bonchev–Trinajstić information content (AvgIpc) is 3.51. The Labute approximate surface area is 192 Å². The lowest BCUT2D eigenvalue weighted by molar-refractivity contribution is -0.131. The summed E-state index contributed by atoms with van der Waals surface area (Å²) in [5, 5.41) is 10.3. The summed E-state index contributed by atoms with van der Waals surface area (Å²) in [5.41, 5.74) is 2.37. The number of aromatic amines is 1. The summed E-state index contributed by atoms with van der Waals surface area (Å²) >= 11 is 0. The normalized spacial score (nSPS) is 20.8. The molecule has 2 aliphatic rings. The molecule has 4 heterocycles. The Morgan fingerprint density at radius 3 is 2.88 bits per heavy atom. The minimum Gasteiger partial charge on any atom is -0.345 e. The number of likely N-dealkylation sites (tertiary alicyclic amines) is 1. The van der Waals surface area contributed by atoms with E-state index in [1.54, 1.807) is 12.4 Å². The number of carbonyl (C=O) groups excluding carboxylic acids is 1. The molecule has 1 aliphatic heterocycles. The fourth-order valence-electron chi connectivity index (χ4n) is 5.41. The van der Waals surface area contributed by atoms with E-state index in [1.807, 2.05) is 4.90 Å². The van der Waals surface area contributed by atoms with E-state index in [-0.39, 0.29) is 17.4 Å². The molecule has 0 unspecified atom stereocenters. The van der Waals surface area contributed by atoms with E-state index in [2.05, 4.69) is 26.0 Å². The summed E-state index contributed by atoms with van der Waals surface area (Å²) in [6, 6.07) is 3.37. The average molecular weight is 447 g/mol. The van der Waals surface area contributed by atoms with Crippen molar-refractivity contribution in [3.63, 3.8) is 0 Å². The molecule has 2 fully saturated rings. The van der Waals surface area contributed by atoms with Crippen molar-refractivity contribution >= 4 is 16.9 Å². The predicted octanol–water partition coefficient (Wildman–Crippen LogP) is 4.39. The first kappa shape index (κ1) is 21.5. The number of amides is 1. The lowest BCUT2D eigenvalue weighted by Crippen LogP contribution is -2.31. The maximum Gasteiger partial charge on any atom is 0.222 e. The first-order chi connectivity index (χ1) is 16.1. The summed E-state index contributed by atoms with van der Waals surface area (Å²) in [6.45, 7) is 1.77. The molecule has 2 atom stereocenters. The fraction of sp³-hybridized carbons (Fsp3) is 0.480. The maximum absolute atomic E-state index is 14.9. The molecule has 0 spiro atoms. The van der Waals surface area contributed by atoms with Gasteiger partial charge in [0, 0.05) is 42.9 Å². The molecule has 5 rings (SSSR count). The second-order valence-electron chi connectivity index (χ2n) is 9.31. The van der Waals surface area contributed by atoms with Gasteiger partial charge in [-0.2, -0.15) is 5.26 Å². The van der Waals surface area contributed by atoms with Gasteiger partial charge in [0.05, 0.1) is 17.0 Å². The van der Waals surface area contributed by atoms with Crippen LogP contribution in [0.4, 0.5) is 4.39 Å². The molecule has 3 aromatic rings. The van der Waals surface area contributed by atoms with Crippen LogP contribution in [0.1, 0.15) is 56.2 Å².